The van der Waals surface area contributed by atoms with E-state index in [1.807, 2.05) is 24.5 Å². The van der Waals surface area contributed by atoms with E-state index in [-0.39, 0.29) is 0 Å². The summed E-state index contributed by atoms with van der Waals surface area (Å²) >= 11 is 0. The average molecular weight is 353 g/mol. The van der Waals surface area contributed by atoms with Gasteiger partial charge >= 0.3 is 0 Å². The van der Waals surface area contributed by atoms with E-state index in [1.165, 1.54) is 11.1 Å². The number of aromatic nitrogens is 1. The first-order valence-corrected chi connectivity index (χ1v) is 9.42. The third-order valence-electron chi connectivity index (χ3n) is 5.51. The molecular weight excluding hydrogens is 326 g/mol. The highest BCUT2D eigenvalue weighted by atomic mass is 16.5. The Bertz CT molecular complexity index is 709. The first-order valence-electron chi connectivity index (χ1n) is 9.42. The second-order valence-electron chi connectivity index (χ2n) is 7.14. The van der Waals surface area contributed by atoms with Gasteiger partial charge in [-0.2, -0.15) is 0 Å². The number of pyridine rings is 1. The molecule has 0 N–H and O–H groups in total. The number of para-hydroxylation sites is 1. The lowest BCUT2D eigenvalue weighted by Crippen LogP contribution is -2.59. The van der Waals surface area contributed by atoms with Gasteiger partial charge in [0, 0.05) is 56.7 Å². The van der Waals surface area contributed by atoms with Crippen molar-refractivity contribution in [3.63, 3.8) is 0 Å². The van der Waals surface area contributed by atoms with Gasteiger partial charge in [-0.3, -0.25) is 14.8 Å². The van der Waals surface area contributed by atoms with E-state index in [4.69, 9.17) is 9.47 Å². The maximum absolute atomic E-state index is 6.09. The highest BCUT2D eigenvalue weighted by Crippen LogP contribution is 2.27. The van der Waals surface area contributed by atoms with Crippen LogP contribution in [0.5, 0.6) is 5.75 Å². The Kier molecular flexibility index (Phi) is 5.48. The molecule has 26 heavy (non-hydrogen) atoms. The molecule has 0 bridgehead atoms. The quantitative estimate of drug-likeness (QED) is 0.826. The molecule has 2 fully saturated rings. The summed E-state index contributed by atoms with van der Waals surface area (Å²) in [6.45, 7) is 5.83. The first kappa shape index (κ1) is 17.5. The van der Waals surface area contributed by atoms with Crippen molar-refractivity contribution in [2.24, 2.45) is 0 Å². The molecule has 0 unspecified atom stereocenters. The molecule has 0 saturated carbocycles. The van der Waals surface area contributed by atoms with Gasteiger partial charge in [-0.05, 0) is 30.2 Å². The number of benzene rings is 1. The summed E-state index contributed by atoms with van der Waals surface area (Å²) in [6, 6.07) is 13.0. The van der Waals surface area contributed by atoms with E-state index >= 15 is 0 Å². The summed E-state index contributed by atoms with van der Waals surface area (Å²) in [6.07, 6.45) is 5.19. The van der Waals surface area contributed by atoms with Crippen molar-refractivity contribution in [1.82, 2.24) is 14.8 Å². The molecule has 0 radical (unpaired) electrons. The fourth-order valence-corrected chi connectivity index (χ4v) is 4.14. The number of fused-ring (bicyclic) bond motifs is 1. The van der Waals surface area contributed by atoms with Crippen LogP contribution in [-0.2, 0) is 17.8 Å². The zero-order valence-corrected chi connectivity index (χ0v) is 15.4. The molecule has 2 atom stereocenters. The number of likely N-dealkylation sites (tertiary alicyclic amines) is 1. The Morgan fingerprint density at radius 2 is 1.96 bits per heavy atom. The summed E-state index contributed by atoms with van der Waals surface area (Å²) in [7, 11) is 1.75. The molecule has 138 valence electrons. The maximum Gasteiger partial charge on any atom is 0.123 e. The lowest BCUT2D eigenvalue weighted by atomic mass is 9.97. The van der Waals surface area contributed by atoms with Crippen molar-refractivity contribution in [3.8, 4) is 5.75 Å². The van der Waals surface area contributed by atoms with Crippen LogP contribution >= 0.6 is 0 Å². The van der Waals surface area contributed by atoms with Crippen LogP contribution in [0.3, 0.4) is 0 Å². The molecule has 5 nitrogen and oxygen atoms in total. The third kappa shape index (κ3) is 3.90. The van der Waals surface area contributed by atoms with Crippen molar-refractivity contribution in [2.75, 3.05) is 33.4 Å². The fraction of sp³-hybridized carbons (Fsp3) is 0.476. The van der Waals surface area contributed by atoms with E-state index in [9.17, 15) is 0 Å². The second kappa shape index (κ2) is 8.16. The lowest BCUT2D eigenvalue weighted by molar-refractivity contribution is -0.107. The molecule has 4 rings (SSSR count). The van der Waals surface area contributed by atoms with Crippen LogP contribution in [0.4, 0.5) is 0 Å². The molecule has 2 aliphatic rings. The zero-order chi connectivity index (χ0) is 17.8. The molecule has 5 heteroatoms. The zero-order valence-electron chi connectivity index (χ0n) is 15.4. The number of rotatable bonds is 5. The fourth-order valence-electron chi connectivity index (χ4n) is 4.14. The number of morpholine rings is 1. The maximum atomic E-state index is 6.09. The van der Waals surface area contributed by atoms with Crippen molar-refractivity contribution in [3.05, 3.63) is 59.9 Å². The monoisotopic (exact) mass is 353 g/mol. The number of nitrogens with zero attached hydrogens (tertiary/aromatic N) is 3. The van der Waals surface area contributed by atoms with E-state index in [0.717, 1.165) is 51.5 Å². The molecule has 3 heterocycles. The standard InChI is InChI=1S/C21H27N3O2/c1-25-20-5-3-2-4-18(20)15-23-11-8-21-19(16-23)24(12-13-26-21)14-17-6-9-22-10-7-17/h2-7,9-10,19,21H,8,11-16H2,1H3/t19-,21-/m0/s1. The van der Waals surface area contributed by atoms with Gasteiger partial charge in [-0.15, -0.1) is 0 Å². The minimum absolute atomic E-state index is 0.347. The third-order valence-corrected chi connectivity index (χ3v) is 5.51. The number of piperidine rings is 1. The summed E-state index contributed by atoms with van der Waals surface area (Å²) in [4.78, 5) is 9.25. The molecular formula is C21H27N3O2. The smallest absolute Gasteiger partial charge is 0.123 e. The van der Waals surface area contributed by atoms with Crippen molar-refractivity contribution >= 4 is 0 Å². The first-order chi connectivity index (χ1) is 12.8. The van der Waals surface area contributed by atoms with Crippen LogP contribution in [0, 0.1) is 0 Å². The van der Waals surface area contributed by atoms with E-state index in [0.29, 0.717) is 12.1 Å². The molecule has 0 spiro atoms. The SMILES string of the molecule is COc1ccccc1CN1CC[C@@H]2OCCN(Cc3ccncc3)[C@H]2C1. The highest BCUT2D eigenvalue weighted by molar-refractivity contribution is 5.33. The van der Waals surface area contributed by atoms with Crippen LogP contribution in [0.2, 0.25) is 0 Å². The molecule has 1 aromatic heterocycles. The second-order valence-corrected chi connectivity index (χ2v) is 7.14. The molecule has 2 aromatic rings. The Hall–Kier alpha value is -1.95. The highest BCUT2D eigenvalue weighted by Gasteiger charge is 2.37. The van der Waals surface area contributed by atoms with Crippen molar-refractivity contribution in [2.45, 2.75) is 31.7 Å². The van der Waals surface area contributed by atoms with Crippen molar-refractivity contribution < 1.29 is 9.47 Å². The minimum Gasteiger partial charge on any atom is -0.496 e. The van der Waals surface area contributed by atoms with Crippen LogP contribution in [-0.4, -0.2) is 60.3 Å². The lowest BCUT2D eigenvalue weighted by Gasteiger charge is -2.47. The van der Waals surface area contributed by atoms with Gasteiger partial charge in [0.1, 0.15) is 5.75 Å². The Labute approximate surface area is 155 Å². The van der Waals surface area contributed by atoms with E-state index < -0.39 is 0 Å². The summed E-state index contributed by atoms with van der Waals surface area (Å²) in [5, 5.41) is 0. The minimum atomic E-state index is 0.347. The molecule has 1 aromatic carbocycles. The van der Waals surface area contributed by atoms with Gasteiger partial charge in [-0.1, -0.05) is 18.2 Å². The topological polar surface area (TPSA) is 37.8 Å². The molecule has 2 saturated heterocycles. The normalized spacial score (nSPS) is 24.2. The Morgan fingerprint density at radius 1 is 1.12 bits per heavy atom. The van der Waals surface area contributed by atoms with Gasteiger partial charge in [0.05, 0.1) is 19.8 Å². The van der Waals surface area contributed by atoms with E-state index in [1.54, 1.807) is 7.11 Å². The van der Waals surface area contributed by atoms with Gasteiger partial charge in [-0.25, -0.2) is 0 Å². The van der Waals surface area contributed by atoms with E-state index in [2.05, 4.69) is 39.0 Å². The molecule has 0 aliphatic carbocycles. The van der Waals surface area contributed by atoms with Gasteiger partial charge < -0.3 is 9.47 Å². The number of ether oxygens (including phenoxy) is 2. The van der Waals surface area contributed by atoms with Gasteiger partial charge in [0.25, 0.3) is 0 Å². The number of hydrogen-bond donors (Lipinski definition) is 0. The van der Waals surface area contributed by atoms with Crippen LogP contribution in [0.25, 0.3) is 0 Å². The molecule has 2 aliphatic heterocycles. The predicted octanol–water partition coefficient (Wildman–Crippen LogP) is 2.57. The van der Waals surface area contributed by atoms with Crippen LogP contribution in [0.15, 0.2) is 48.8 Å². The number of methoxy groups -OCH3 is 1. The van der Waals surface area contributed by atoms with Crippen LogP contribution < -0.4 is 4.74 Å². The summed E-state index contributed by atoms with van der Waals surface area (Å²) < 4.78 is 11.6. The molecule has 0 amide bonds. The Balaban J connectivity index is 1.45. The van der Waals surface area contributed by atoms with Gasteiger partial charge in [0.15, 0.2) is 0 Å². The number of hydrogen-bond acceptors (Lipinski definition) is 5. The summed E-state index contributed by atoms with van der Waals surface area (Å²) in [5.41, 5.74) is 2.58. The Morgan fingerprint density at radius 3 is 2.81 bits per heavy atom. The summed E-state index contributed by atoms with van der Waals surface area (Å²) in [5.74, 6) is 0.975. The van der Waals surface area contributed by atoms with Crippen molar-refractivity contribution in [1.29, 1.82) is 0 Å². The van der Waals surface area contributed by atoms with Gasteiger partial charge in [0.2, 0.25) is 0 Å². The largest absolute Gasteiger partial charge is 0.496 e. The average Bonchev–Trinajstić information content (AvgIpc) is 2.70. The predicted molar refractivity (Wildman–Crippen MR) is 101 cm³/mol. The van der Waals surface area contributed by atoms with Crippen LogP contribution in [0.1, 0.15) is 17.5 Å².